The van der Waals surface area contributed by atoms with Crippen LogP contribution < -0.4 is 20.4 Å². The molecule has 0 spiro atoms. The van der Waals surface area contributed by atoms with Gasteiger partial charge in [-0.3, -0.25) is 9.69 Å². The van der Waals surface area contributed by atoms with Gasteiger partial charge in [0.1, 0.15) is 12.1 Å². The highest BCUT2D eigenvalue weighted by atomic mass is 19.4. The van der Waals surface area contributed by atoms with Crippen LogP contribution in [0.1, 0.15) is 65.7 Å². The Morgan fingerprint density at radius 1 is 0.927 bits per heavy atom. The molecule has 3 aliphatic rings. The van der Waals surface area contributed by atoms with E-state index in [0.717, 1.165) is 18.2 Å². The van der Waals surface area contributed by atoms with Crippen molar-refractivity contribution in [3.05, 3.63) is 76.1 Å². The van der Waals surface area contributed by atoms with Crippen molar-refractivity contribution in [2.75, 3.05) is 48.0 Å². The SMILES string of the molecule is CC[C@@H]1C[C@H](Nc2ncc(N3CCOCC3)c(Cc3cc(C(F)(F)F)cc(C(F)(F)F)c3)n2)c2cc(C(F)(F)F)ccc2N1C(=O)O[C@H]1CN[C@H](C(=O)O)C1. The molecule has 0 radical (unpaired) electrons. The molecule has 3 N–H and O–H groups in total. The summed E-state index contributed by atoms with van der Waals surface area (Å²) in [5, 5.41) is 15.0. The largest absolute Gasteiger partial charge is 0.480 e. The first-order valence-corrected chi connectivity index (χ1v) is 17.2. The van der Waals surface area contributed by atoms with Crippen molar-refractivity contribution in [1.29, 1.82) is 0 Å². The number of alkyl halides is 9. The lowest BCUT2D eigenvalue weighted by molar-refractivity contribution is -0.143. The van der Waals surface area contributed by atoms with Gasteiger partial charge in [-0.15, -0.1) is 0 Å². The quantitative estimate of drug-likeness (QED) is 0.204. The predicted octanol–water partition coefficient (Wildman–Crippen LogP) is 7.05. The Morgan fingerprint density at radius 2 is 1.58 bits per heavy atom. The number of hydrogen-bond donors (Lipinski definition) is 3. The van der Waals surface area contributed by atoms with Gasteiger partial charge in [0.2, 0.25) is 5.95 Å². The molecule has 20 heteroatoms. The topological polar surface area (TPSA) is 129 Å². The number of carboxylic acids is 1. The van der Waals surface area contributed by atoms with Crippen LogP contribution in [-0.2, 0) is 39.2 Å². The molecule has 1 amide bonds. The monoisotopic (exact) mass is 790 g/mol. The van der Waals surface area contributed by atoms with Gasteiger partial charge in [-0.05, 0) is 60.4 Å². The van der Waals surface area contributed by atoms with Crippen molar-refractivity contribution < 1.29 is 63.7 Å². The van der Waals surface area contributed by atoms with Crippen LogP contribution in [0.15, 0.2) is 42.6 Å². The number of aromatic nitrogens is 2. The van der Waals surface area contributed by atoms with E-state index in [9.17, 15) is 54.2 Å². The second kappa shape index (κ2) is 15.4. The maximum Gasteiger partial charge on any atom is 0.416 e. The first kappa shape index (κ1) is 39.8. The lowest BCUT2D eigenvalue weighted by atomic mass is 9.89. The average molecular weight is 791 g/mol. The number of carbonyl (C=O) groups is 2. The van der Waals surface area contributed by atoms with Crippen LogP contribution in [-0.4, -0.2) is 78.2 Å². The van der Waals surface area contributed by atoms with Crippen LogP contribution in [0.2, 0.25) is 0 Å². The molecule has 6 rings (SSSR count). The highest BCUT2D eigenvalue weighted by molar-refractivity contribution is 5.91. The molecule has 298 valence electrons. The molecule has 55 heavy (non-hydrogen) atoms. The first-order valence-electron chi connectivity index (χ1n) is 17.2. The fourth-order valence-electron chi connectivity index (χ4n) is 6.99. The van der Waals surface area contributed by atoms with Gasteiger partial charge in [-0.2, -0.15) is 39.5 Å². The summed E-state index contributed by atoms with van der Waals surface area (Å²) in [4.78, 5) is 36.8. The van der Waals surface area contributed by atoms with E-state index in [1.807, 2.05) is 0 Å². The summed E-state index contributed by atoms with van der Waals surface area (Å²) in [6.45, 7) is 2.97. The van der Waals surface area contributed by atoms with Crippen LogP contribution in [0.3, 0.4) is 0 Å². The average Bonchev–Trinajstić information content (AvgIpc) is 3.59. The standard InChI is InChI=1S/C35H35F9N6O5/c1-2-22-14-25(24-13-19(33(36,37)38)3-4-28(24)50(22)32(53)55-23-15-27(30(51)52)45-16-23)47-31-46-17-29(49-5-7-54-8-6-49)26(48-31)11-18-9-20(34(39,40)41)12-21(10-18)35(42,43)44/h3-4,9-10,12-13,17,22-23,25,27,45H,2,5-8,11,14-16H2,1H3,(H,51,52)(H,46,47,48)/t22-,23-,25+,27+/m1/s1. The van der Waals surface area contributed by atoms with Crippen LogP contribution in [0, 0.1) is 0 Å². The van der Waals surface area contributed by atoms with Crippen molar-refractivity contribution in [3.63, 3.8) is 0 Å². The van der Waals surface area contributed by atoms with E-state index in [1.54, 1.807) is 11.8 Å². The summed E-state index contributed by atoms with van der Waals surface area (Å²) in [5.41, 5.74) is -3.92. The zero-order chi connectivity index (χ0) is 39.9. The third-order valence-corrected chi connectivity index (χ3v) is 9.71. The van der Waals surface area contributed by atoms with Crippen LogP contribution >= 0.6 is 0 Å². The van der Waals surface area contributed by atoms with Crippen molar-refractivity contribution in [2.24, 2.45) is 0 Å². The molecule has 2 saturated heterocycles. The number of amides is 1. The number of halogens is 9. The molecule has 0 unspecified atom stereocenters. The normalized spacial score (nSPS) is 22.0. The minimum atomic E-state index is -5.09. The lowest BCUT2D eigenvalue weighted by Crippen LogP contribution is -2.47. The number of anilines is 3. The van der Waals surface area contributed by atoms with Crippen molar-refractivity contribution >= 4 is 29.4 Å². The van der Waals surface area contributed by atoms with E-state index < -0.39 is 77.9 Å². The fraction of sp³-hybridized carbons (Fsp3) is 0.486. The van der Waals surface area contributed by atoms with E-state index >= 15 is 0 Å². The number of hydrogen-bond acceptors (Lipinski definition) is 9. The van der Waals surface area contributed by atoms with Gasteiger partial charge in [0, 0.05) is 38.5 Å². The summed E-state index contributed by atoms with van der Waals surface area (Å²) in [6, 6.07) is 1.46. The molecule has 0 bridgehead atoms. The molecule has 4 heterocycles. The Hall–Kier alpha value is -4.85. The molecule has 1 aromatic heterocycles. The number of nitrogens with zero attached hydrogens (tertiary/aromatic N) is 4. The van der Waals surface area contributed by atoms with Crippen LogP contribution in [0.25, 0.3) is 0 Å². The van der Waals surface area contributed by atoms with Gasteiger partial charge in [0.15, 0.2) is 0 Å². The minimum Gasteiger partial charge on any atom is -0.480 e. The highest BCUT2D eigenvalue weighted by Gasteiger charge is 2.42. The van der Waals surface area contributed by atoms with Gasteiger partial charge < -0.3 is 30.1 Å². The van der Waals surface area contributed by atoms with Gasteiger partial charge in [-0.1, -0.05) is 6.92 Å². The van der Waals surface area contributed by atoms with Gasteiger partial charge >= 0.3 is 30.6 Å². The smallest absolute Gasteiger partial charge is 0.416 e. The second-order valence-electron chi connectivity index (χ2n) is 13.4. The molecule has 4 atom stereocenters. The van der Waals surface area contributed by atoms with E-state index in [0.29, 0.717) is 37.3 Å². The highest BCUT2D eigenvalue weighted by Crippen LogP contribution is 2.44. The van der Waals surface area contributed by atoms with Crippen molar-refractivity contribution in [3.8, 4) is 0 Å². The Bertz CT molecular complexity index is 1870. The Labute approximate surface area is 307 Å². The molecular formula is C35H35F9N6O5. The second-order valence-corrected chi connectivity index (χ2v) is 13.4. The fourth-order valence-corrected chi connectivity index (χ4v) is 6.99. The number of ether oxygens (including phenoxy) is 2. The number of benzene rings is 2. The summed E-state index contributed by atoms with van der Waals surface area (Å²) < 4.78 is 135. The third-order valence-electron chi connectivity index (χ3n) is 9.71. The molecule has 0 saturated carbocycles. The summed E-state index contributed by atoms with van der Waals surface area (Å²) in [5.74, 6) is -1.31. The maximum atomic E-state index is 14.0. The maximum absolute atomic E-state index is 14.0. The van der Waals surface area contributed by atoms with E-state index in [1.165, 1.54) is 11.1 Å². The number of rotatable bonds is 8. The molecule has 2 fully saturated rings. The molecule has 3 aromatic rings. The van der Waals surface area contributed by atoms with E-state index in [4.69, 9.17) is 9.47 Å². The Morgan fingerprint density at radius 3 is 2.16 bits per heavy atom. The number of carboxylic acid groups (broad SMARTS) is 1. The van der Waals surface area contributed by atoms with E-state index in [2.05, 4.69) is 20.6 Å². The van der Waals surface area contributed by atoms with Crippen LogP contribution in [0.4, 0.5) is 61.6 Å². The summed E-state index contributed by atoms with van der Waals surface area (Å²) in [7, 11) is 0. The number of nitrogens with one attached hydrogen (secondary N) is 2. The number of fused-ring (bicyclic) bond motifs is 1. The molecule has 3 aliphatic heterocycles. The lowest BCUT2D eigenvalue weighted by Gasteiger charge is -2.40. The molecular weight excluding hydrogens is 755 g/mol. The zero-order valence-electron chi connectivity index (χ0n) is 29.0. The summed E-state index contributed by atoms with van der Waals surface area (Å²) in [6.07, 6.45) is -15.5. The molecule has 2 aromatic carbocycles. The molecule has 11 nitrogen and oxygen atoms in total. The zero-order valence-corrected chi connectivity index (χ0v) is 29.0. The summed E-state index contributed by atoms with van der Waals surface area (Å²) >= 11 is 0. The van der Waals surface area contributed by atoms with Crippen LogP contribution in [0.5, 0.6) is 0 Å². The predicted molar refractivity (Wildman–Crippen MR) is 178 cm³/mol. The van der Waals surface area contributed by atoms with Crippen molar-refractivity contribution in [2.45, 2.75) is 75.4 Å². The van der Waals surface area contributed by atoms with Crippen molar-refractivity contribution in [1.82, 2.24) is 15.3 Å². The van der Waals surface area contributed by atoms with Gasteiger partial charge in [0.05, 0.1) is 59.2 Å². The first-order chi connectivity index (χ1) is 25.8. The molecule has 0 aliphatic carbocycles. The van der Waals surface area contributed by atoms with Gasteiger partial charge in [0.25, 0.3) is 0 Å². The Kier molecular flexibility index (Phi) is 11.1. The number of aliphatic carboxylic acids is 1. The number of morpholine rings is 1. The van der Waals surface area contributed by atoms with Gasteiger partial charge in [-0.25, -0.2) is 14.8 Å². The Balaban J connectivity index is 1.37. The third kappa shape index (κ3) is 9.01. The minimum absolute atomic E-state index is 0.00700. The van der Waals surface area contributed by atoms with E-state index in [-0.39, 0.29) is 67.1 Å². The number of carbonyl (C=O) groups excluding carboxylic acids is 1.